The summed E-state index contributed by atoms with van der Waals surface area (Å²) in [7, 11) is 0. The Bertz CT molecular complexity index is 341. The second kappa shape index (κ2) is 3.88. The Morgan fingerprint density at radius 2 is 1.67 bits per heavy atom. The van der Waals surface area contributed by atoms with Crippen LogP contribution in [0.15, 0.2) is 0 Å². The van der Waals surface area contributed by atoms with Gasteiger partial charge < -0.3 is 28.8 Å². The molecule has 3 aliphatic rings. The van der Waals surface area contributed by atoms with Gasteiger partial charge in [0, 0.05) is 0 Å². The zero-order valence-corrected chi connectivity index (χ0v) is 11.1. The SMILES string of the molecule is CC1(C)OC[C@@H]([C@@H]2O[C@H]3OC(C)(C)O[C@H]3C2O)O1. The second-order valence-corrected chi connectivity index (χ2v) is 5.93. The highest BCUT2D eigenvalue weighted by atomic mass is 16.8. The van der Waals surface area contributed by atoms with Crippen molar-refractivity contribution in [2.45, 2.75) is 70.0 Å². The van der Waals surface area contributed by atoms with Crippen LogP contribution in [0.5, 0.6) is 0 Å². The summed E-state index contributed by atoms with van der Waals surface area (Å²) in [6.07, 6.45) is -2.53. The van der Waals surface area contributed by atoms with Crippen LogP contribution in [0.2, 0.25) is 0 Å². The largest absolute Gasteiger partial charge is 0.387 e. The summed E-state index contributed by atoms with van der Waals surface area (Å²) >= 11 is 0. The van der Waals surface area contributed by atoms with Gasteiger partial charge >= 0.3 is 0 Å². The smallest absolute Gasteiger partial charge is 0.190 e. The average molecular weight is 260 g/mol. The lowest BCUT2D eigenvalue weighted by atomic mass is 10.1. The molecule has 1 unspecified atom stereocenters. The quantitative estimate of drug-likeness (QED) is 0.735. The molecular formula is C12H20O6. The van der Waals surface area contributed by atoms with Gasteiger partial charge in [0.05, 0.1) is 6.61 Å². The standard InChI is InChI=1S/C12H20O6/c1-11(2)14-5-6(16-11)8-7(13)9-10(15-8)18-12(3,4)17-9/h6-10,13H,5H2,1-4H3/t6-,7?,8-,9-,10-/m0/s1. The maximum atomic E-state index is 10.3. The molecule has 18 heavy (non-hydrogen) atoms. The lowest BCUT2D eigenvalue weighted by Gasteiger charge is -2.26. The van der Waals surface area contributed by atoms with E-state index in [1.54, 1.807) is 13.8 Å². The first-order valence-corrected chi connectivity index (χ1v) is 6.28. The Kier molecular flexibility index (Phi) is 2.75. The summed E-state index contributed by atoms with van der Waals surface area (Å²) < 4.78 is 28.1. The third-order valence-corrected chi connectivity index (χ3v) is 3.45. The van der Waals surface area contributed by atoms with E-state index in [0.717, 1.165) is 0 Å². The number of fused-ring (bicyclic) bond motifs is 1. The number of aliphatic hydroxyl groups excluding tert-OH is 1. The fourth-order valence-electron chi connectivity index (χ4n) is 2.70. The van der Waals surface area contributed by atoms with Gasteiger partial charge in [0.2, 0.25) is 0 Å². The molecule has 6 heteroatoms. The van der Waals surface area contributed by atoms with Crippen molar-refractivity contribution in [1.29, 1.82) is 0 Å². The zero-order valence-electron chi connectivity index (χ0n) is 11.1. The Balaban J connectivity index is 1.68. The number of aliphatic hydroxyl groups is 1. The normalized spacial score (nSPS) is 49.5. The second-order valence-electron chi connectivity index (χ2n) is 5.93. The molecule has 0 aliphatic carbocycles. The molecule has 3 aliphatic heterocycles. The Morgan fingerprint density at radius 1 is 0.944 bits per heavy atom. The number of hydrogen-bond acceptors (Lipinski definition) is 6. The van der Waals surface area contributed by atoms with Gasteiger partial charge in [0.15, 0.2) is 17.9 Å². The van der Waals surface area contributed by atoms with E-state index in [-0.39, 0.29) is 6.10 Å². The summed E-state index contributed by atoms with van der Waals surface area (Å²) in [5.41, 5.74) is 0. The van der Waals surface area contributed by atoms with Crippen molar-refractivity contribution in [3.8, 4) is 0 Å². The van der Waals surface area contributed by atoms with Gasteiger partial charge in [-0.3, -0.25) is 0 Å². The minimum absolute atomic E-state index is 0.295. The molecule has 0 aromatic rings. The van der Waals surface area contributed by atoms with Crippen LogP contribution in [0.4, 0.5) is 0 Å². The molecule has 3 saturated heterocycles. The molecule has 0 saturated carbocycles. The lowest BCUT2D eigenvalue weighted by Crippen LogP contribution is -2.42. The third-order valence-electron chi connectivity index (χ3n) is 3.45. The van der Waals surface area contributed by atoms with Gasteiger partial charge in [-0.2, -0.15) is 0 Å². The first-order valence-electron chi connectivity index (χ1n) is 6.28. The molecule has 0 spiro atoms. The Labute approximate surface area is 106 Å². The van der Waals surface area contributed by atoms with Crippen LogP contribution >= 0.6 is 0 Å². The van der Waals surface area contributed by atoms with E-state index in [1.165, 1.54) is 0 Å². The van der Waals surface area contributed by atoms with E-state index in [0.29, 0.717) is 6.61 Å². The summed E-state index contributed by atoms with van der Waals surface area (Å²) in [5.74, 6) is -1.35. The minimum Gasteiger partial charge on any atom is -0.387 e. The zero-order chi connectivity index (χ0) is 13.1. The van der Waals surface area contributed by atoms with Crippen molar-refractivity contribution < 1.29 is 28.8 Å². The topological polar surface area (TPSA) is 66.4 Å². The average Bonchev–Trinajstić information content (AvgIpc) is 2.81. The van der Waals surface area contributed by atoms with Crippen LogP contribution in [-0.2, 0) is 23.7 Å². The van der Waals surface area contributed by atoms with Crippen LogP contribution in [0, 0.1) is 0 Å². The van der Waals surface area contributed by atoms with Crippen molar-refractivity contribution in [1.82, 2.24) is 0 Å². The predicted molar refractivity (Wildman–Crippen MR) is 59.6 cm³/mol. The van der Waals surface area contributed by atoms with E-state index in [9.17, 15) is 5.11 Å². The van der Waals surface area contributed by atoms with Crippen LogP contribution in [0.1, 0.15) is 27.7 Å². The highest BCUT2D eigenvalue weighted by Crippen LogP contribution is 2.40. The molecule has 3 fully saturated rings. The van der Waals surface area contributed by atoms with Crippen LogP contribution in [0.3, 0.4) is 0 Å². The van der Waals surface area contributed by atoms with Crippen molar-refractivity contribution >= 4 is 0 Å². The number of ether oxygens (including phenoxy) is 5. The maximum absolute atomic E-state index is 10.3. The highest BCUT2D eigenvalue weighted by molar-refractivity contribution is 4.97. The Morgan fingerprint density at radius 3 is 2.22 bits per heavy atom. The van der Waals surface area contributed by atoms with Gasteiger partial charge in [-0.05, 0) is 27.7 Å². The van der Waals surface area contributed by atoms with Crippen molar-refractivity contribution in [2.24, 2.45) is 0 Å². The molecule has 104 valence electrons. The van der Waals surface area contributed by atoms with Crippen LogP contribution in [-0.4, -0.2) is 54.0 Å². The molecule has 6 nitrogen and oxygen atoms in total. The molecule has 5 atom stereocenters. The first-order chi connectivity index (χ1) is 8.27. The molecule has 3 heterocycles. The van der Waals surface area contributed by atoms with Gasteiger partial charge in [0.25, 0.3) is 0 Å². The van der Waals surface area contributed by atoms with E-state index in [1.807, 2.05) is 13.8 Å². The molecule has 1 N–H and O–H groups in total. The molecule has 0 aromatic carbocycles. The van der Waals surface area contributed by atoms with E-state index >= 15 is 0 Å². The van der Waals surface area contributed by atoms with Crippen LogP contribution < -0.4 is 0 Å². The molecule has 0 aromatic heterocycles. The van der Waals surface area contributed by atoms with Crippen molar-refractivity contribution in [3.05, 3.63) is 0 Å². The Hall–Kier alpha value is -0.240. The summed E-state index contributed by atoms with van der Waals surface area (Å²) in [4.78, 5) is 0. The van der Waals surface area contributed by atoms with Crippen molar-refractivity contribution in [3.63, 3.8) is 0 Å². The van der Waals surface area contributed by atoms with E-state index in [2.05, 4.69) is 0 Å². The minimum atomic E-state index is -0.765. The van der Waals surface area contributed by atoms with Gasteiger partial charge in [-0.15, -0.1) is 0 Å². The lowest BCUT2D eigenvalue weighted by molar-refractivity contribution is -0.232. The van der Waals surface area contributed by atoms with Crippen molar-refractivity contribution in [2.75, 3.05) is 6.61 Å². The maximum Gasteiger partial charge on any atom is 0.190 e. The number of rotatable bonds is 1. The molecule has 0 radical (unpaired) electrons. The fourth-order valence-corrected chi connectivity index (χ4v) is 2.70. The molecule has 0 amide bonds. The highest BCUT2D eigenvalue weighted by Gasteiger charge is 2.57. The van der Waals surface area contributed by atoms with Crippen LogP contribution in [0.25, 0.3) is 0 Å². The summed E-state index contributed by atoms with van der Waals surface area (Å²) in [6, 6.07) is 0. The summed E-state index contributed by atoms with van der Waals surface area (Å²) in [6.45, 7) is 7.68. The van der Waals surface area contributed by atoms with E-state index in [4.69, 9.17) is 23.7 Å². The molecular weight excluding hydrogens is 240 g/mol. The third kappa shape index (κ3) is 2.07. The van der Waals surface area contributed by atoms with E-state index < -0.39 is 36.2 Å². The fraction of sp³-hybridized carbons (Fsp3) is 1.00. The molecule has 3 rings (SSSR count). The van der Waals surface area contributed by atoms with Gasteiger partial charge in [0.1, 0.15) is 24.4 Å². The van der Waals surface area contributed by atoms with Gasteiger partial charge in [-0.1, -0.05) is 0 Å². The first kappa shape index (κ1) is 12.8. The summed E-state index contributed by atoms with van der Waals surface area (Å²) in [5, 5.41) is 10.3. The number of hydrogen-bond donors (Lipinski definition) is 1. The monoisotopic (exact) mass is 260 g/mol. The molecule has 0 bridgehead atoms. The predicted octanol–water partition coefficient (Wildman–Crippen LogP) is 0.375. The van der Waals surface area contributed by atoms with Gasteiger partial charge in [-0.25, -0.2) is 0 Å².